The highest BCUT2D eigenvalue weighted by Gasteiger charge is 2.06. The normalized spacial score (nSPS) is 10.8. The van der Waals surface area contributed by atoms with E-state index in [1.54, 1.807) is 0 Å². The molecule has 4 nitrogen and oxygen atoms in total. The summed E-state index contributed by atoms with van der Waals surface area (Å²) in [6.45, 7) is 7.64. The van der Waals surface area contributed by atoms with Gasteiger partial charge in [0.05, 0.1) is 17.7 Å². The molecule has 1 aromatic heterocycles. The first-order chi connectivity index (χ1) is 9.60. The fourth-order valence-corrected chi connectivity index (χ4v) is 2.16. The molecule has 0 aliphatic carbocycles. The van der Waals surface area contributed by atoms with Crippen LogP contribution >= 0.6 is 11.6 Å². The number of nitrogens with zero attached hydrogens (tertiary/aromatic N) is 2. The zero-order valence-electron chi connectivity index (χ0n) is 12.1. The van der Waals surface area contributed by atoms with E-state index in [2.05, 4.69) is 21.8 Å². The monoisotopic (exact) mass is 293 g/mol. The summed E-state index contributed by atoms with van der Waals surface area (Å²) in [5.74, 6) is 1.72. The van der Waals surface area contributed by atoms with E-state index in [1.165, 1.54) is 0 Å². The van der Waals surface area contributed by atoms with Crippen molar-refractivity contribution in [1.82, 2.24) is 9.55 Å². The van der Waals surface area contributed by atoms with Crippen LogP contribution in [0.3, 0.4) is 0 Å². The highest BCUT2D eigenvalue weighted by Crippen LogP contribution is 2.28. The number of anilines is 1. The summed E-state index contributed by atoms with van der Waals surface area (Å²) >= 11 is 6.21. The van der Waals surface area contributed by atoms with Crippen LogP contribution in [0.5, 0.6) is 5.75 Å². The van der Waals surface area contributed by atoms with Gasteiger partial charge in [-0.2, -0.15) is 0 Å². The number of ether oxygens (including phenoxy) is 1. The van der Waals surface area contributed by atoms with Gasteiger partial charge in [-0.15, -0.1) is 0 Å². The Morgan fingerprint density at radius 3 is 2.85 bits per heavy atom. The number of hydrogen-bond donors (Lipinski definition) is 1. The Morgan fingerprint density at radius 1 is 1.40 bits per heavy atom. The number of benzene rings is 1. The maximum atomic E-state index is 6.21. The minimum absolute atomic E-state index is 0.114. The number of nitrogens with one attached hydrogen (secondary N) is 1. The molecular weight excluding hydrogens is 274 g/mol. The van der Waals surface area contributed by atoms with Crippen LogP contribution in [0.1, 0.15) is 26.6 Å². The third-order valence-corrected chi connectivity index (χ3v) is 3.18. The Labute approximate surface area is 124 Å². The lowest BCUT2D eigenvalue weighted by Gasteiger charge is -2.13. The fraction of sp³-hybridized carbons (Fsp3) is 0.400. The van der Waals surface area contributed by atoms with Crippen LogP contribution in [-0.4, -0.2) is 15.7 Å². The highest BCUT2D eigenvalue weighted by atomic mass is 35.5. The Hall–Kier alpha value is -1.68. The molecule has 1 N–H and O–H groups in total. The van der Waals surface area contributed by atoms with E-state index in [1.807, 2.05) is 44.4 Å². The lowest BCUT2D eigenvalue weighted by atomic mass is 10.3. The Kier molecular flexibility index (Phi) is 4.90. The Balaban J connectivity index is 2.02. The summed E-state index contributed by atoms with van der Waals surface area (Å²) < 4.78 is 7.71. The molecule has 0 unspecified atom stereocenters. The van der Waals surface area contributed by atoms with Gasteiger partial charge >= 0.3 is 0 Å². The lowest BCUT2D eigenvalue weighted by Crippen LogP contribution is -2.08. The fourth-order valence-electron chi connectivity index (χ4n) is 1.94. The van der Waals surface area contributed by atoms with E-state index >= 15 is 0 Å². The van der Waals surface area contributed by atoms with Crippen molar-refractivity contribution < 1.29 is 4.74 Å². The van der Waals surface area contributed by atoms with E-state index in [0.29, 0.717) is 17.3 Å². The van der Waals surface area contributed by atoms with Gasteiger partial charge in [-0.05, 0) is 39.0 Å². The second-order valence-corrected chi connectivity index (χ2v) is 5.20. The molecular formula is C15H20ClN3O. The molecule has 0 amide bonds. The van der Waals surface area contributed by atoms with E-state index < -0.39 is 0 Å². The molecule has 2 aromatic rings. The van der Waals surface area contributed by atoms with Crippen LogP contribution in [0.25, 0.3) is 0 Å². The number of aromatic nitrogens is 2. The van der Waals surface area contributed by atoms with E-state index in [9.17, 15) is 0 Å². The molecule has 0 bridgehead atoms. The van der Waals surface area contributed by atoms with Crippen molar-refractivity contribution in [2.75, 3.05) is 5.32 Å². The van der Waals surface area contributed by atoms with Crippen LogP contribution in [0.4, 0.5) is 5.69 Å². The maximum Gasteiger partial charge on any atom is 0.138 e. The van der Waals surface area contributed by atoms with Crippen molar-refractivity contribution in [3.8, 4) is 5.75 Å². The number of imidazole rings is 1. The van der Waals surface area contributed by atoms with Crippen molar-refractivity contribution in [3.05, 3.63) is 41.4 Å². The van der Waals surface area contributed by atoms with Crippen LogP contribution in [0, 0.1) is 0 Å². The number of hydrogen-bond acceptors (Lipinski definition) is 3. The maximum absolute atomic E-state index is 6.21. The molecule has 0 aliphatic heterocycles. The van der Waals surface area contributed by atoms with Gasteiger partial charge in [0, 0.05) is 24.6 Å². The first-order valence-electron chi connectivity index (χ1n) is 6.80. The van der Waals surface area contributed by atoms with Crippen molar-refractivity contribution >= 4 is 17.3 Å². The summed E-state index contributed by atoms with van der Waals surface area (Å²) in [5, 5.41) is 3.93. The summed E-state index contributed by atoms with van der Waals surface area (Å²) in [7, 11) is 0. The number of aryl methyl sites for hydroxylation is 1. The zero-order valence-corrected chi connectivity index (χ0v) is 12.8. The molecule has 1 aromatic carbocycles. The molecule has 2 rings (SSSR count). The topological polar surface area (TPSA) is 39.1 Å². The molecule has 0 fully saturated rings. The van der Waals surface area contributed by atoms with Crippen LogP contribution in [0.15, 0.2) is 30.6 Å². The molecule has 5 heteroatoms. The summed E-state index contributed by atoms with van der Waals surface area (Å²) in [5.41, 5.74) is 0.955. The van der Waals surface area contributed by atoms with Crippen molar-refractivity contribution in [2.24, 2.45) is 0 Å². The minimum Gasteiger partial charge on any atom is -0.489 e. The lowest BCUT2D eigenvalue weighted by molar-refractivity contribution is 0.242. The highest BCUT2D eigenvalue weighted by molar-refractivity contribution is 6.32. The standard InChI is InChI=1S/C15H20ClN3O/c1-4-19-8-7-17-15(19)10-18-12-5-6-14(13(16)9-12)20-11(2)3/h5-9,11,18H,4,10H2,1-3H3. The minimum atomic E-state index is 0.114. The van der Waals surface area contributed by atoms with Gasteiger partial charge in [-0.25, -0.2) is 4.98 Å². The van der Waals surface area contributed by atoms with Gasteiger partial charge in [0.15, 0.2) is 0 Å². The van der Waals surface area contributed by atoms with Crippen molar-refractivity contribution in [1.29, 1.82) is 0 Å². The third-order valence-electron chi connectivity index (χ3n) is 2.89. The molecule has 20 heavy (non-hydrogen) atoms. The molecule has 0 spiro atoms. The number of rotatable bonds is 6. The average Bonchev–Trinajstić information content (AvgIpc) is 2.86. The van der Waals surface area contributed by atoms with Gasteiger partial charge < -0.3 is 14.6 Å². The zero-order chi connectivity index (χ0) is 14.5. The van der Waals surface area contributed by atoms with Crippen LogP contribution in [0.2, 0.25) is 5.02 Å². The van der Waals surface area contributed by atoms with E-state index in [4.69, 9.17) is 16.3 Å². The van der Waals surface area contributed by atoms with Gasteiger partial charge in [0.1, 0.15) is 11.6 Å². The van der Waals surface area contributed by atoms with Crippen LogP contribution in [-0.2, 0) is 13.1 Å². The first-order valence-corrected chi connectivity index (χ1v) is 7.18. The predicted molar refractivity (Wildman–Crippen MR) is 82.4 cm³/mol. The third kappa shape index (κ3) is 3.67. The molecule has 0 radical (unpaired) electrons. The Bertz CT molecular complexity index is 566. The largest absolute Gasteiger partial charge is 0.489 e. The second-order valence-electron chi connectivity index (χ2n) is 4.79. The SMILES string of the molecule is CCn1ccnc1CNc1ccc(OC(C)C)c(Cl)c1. The number of halogens is 1. The molecule has 108 valence electrons. The van der Waals surface area contributed by atoms with Gasteiger partial charge in [-0.3, -0.25) is 0 Å². The van der Waals surface area contributed by atoms with Crippen LogP contribution < -0.4 is 10.1 Å². The molecule has 0 saturated carbocycles. The summed E-state index contributed by atoms with van der Waals surface area (Å²) in [6.07, 6.45) is 3.90. The first kappa shape index (κ1) is 14.7. The molecule has 0 atom stereocenters. The second kappa shape index (κ2) is 6.66. The summed E-state index contributed by atoms with van der Waals surface area (Å²) in [4.78, 5) is 4.32. The van der Waals surface area contributed by atoms with E-state index in [0.717, 1.165) is 18.1 Å². The van der Waals surface area contributed by atoms with Crippen molar-refractivity contribution in [3.63, 3.8) is 0 Å². The van der Waals surface area contributed by atoms with Gasteiger partial charge in [-0.1, -0.05) is 11.6 Å². The van der Waals surface area contributed by atoms with Gasteiger partial charge in [0.2, 0.25) is 0 Å². The molecule has 0 aliphatic rings. The average molecular weight is 294 g/mol. The smallest absolute Gasteiger partial charge is 0.138 e. The van der Waals surface area contributed by atoms with Crippen molar-refractivity contribution in [2.45, 2.75) is 40.0 Å². The van der Waals surface area contributed by atoms with E-state index in [-0.39, 0.29) is 6.10 Å². The Morgan fingerprint density at radius 2 is 2.20 bits per heavy atom. The van der Waals surface area contributed by atoms with Gasteiger partial charge in [0.25, 0.3) is 0 Å². The molecule has 0 saturated heterocycles. The predicted octanol–water partition coefficient (Wildman–Crippen LogP) is 3.96. The molecule has 1 heterocycles. The summed E-state index contributed by atoms with van der Waals surface area (Å²) in [6, 6.07) is 5.72. The quantitative estimate of drug-likeness (QED) is 0.876.